The molecule has 2 rings (SSSR count). The molecule has 1 aromatic heterocycles. The number of carbonyl (C=O) groups excluding carboxylic acids is 1. The van der Waals surface area contributed by atoms with E-state index in [0.717, 1.165) is 32.2 Å². The van der Waals surface area contributed by atoms with Crippen LogP contribution in [0, 0.1) is 5.92 Å². The molecule has 0 amide bonds. The fourth-order valence-electron chi connectivity index (χ4n) is 2.51. The SMILES string of the molecule is CCNCC1CCN(S(=O)(=O)c2cc(C(=O)OC)co2)CC1.Cl. The predicted octanol–water partition coefficient (Wildman–Crippen LogP) is 1.50. The molecule has 1 aliphatic rings. The second-order valence-electron chi connectivity index (χ2n) is 5.30. The van der Waals surface area contributed by atoms with Crippen LogP contribution in [-0.2, 0) is 14.8 Å². The van der Waals surface area contributed by atoms with Gasteiger partial charge in [-0.2, -0.15) is 4.31 Å². The molecule has 0 atom stereocenters. The molecule has 0 unspecified atom stereocenters. The Labute approximate surface area is 142 Å². The quantitative estimate of drug-likeness (QED) is 0.767. The van der Waals surface area contributed by atoms with Gasteiger partial charge in [0.15, 0.2) is 0 Å². The summed E-state index contributed by atoms with van der Waals surface area (Å²) in [5.41, 5.74) is 0.100. The third-order valence-electron chi connectivity index (χ3n) is 3.85. The third kappa shape index (κ3) is 4.69. The van der Waals surface area contributed by atoms with Crippen molar-refractivity contribution < 1.29 is 22.4 Å². The van der Waals surface area contributed by atoms with Gasteiger partial charge in [-0.1, -0.05) is 6.92 Å². The van der Waals surface area contributed by atoms with E-state index in [1.165, 1.54) is 17.5 Å². The van der Waals surface area contributed by atoms with E-state index in [0.29, 0.717) is 19.0 Å². The highest BCUT2D eigenvalue weighted by Crippen LogP contribution is 2.25. The summed E-state index contributed by atoms with van der Waals surface area (Å²) in [6, 6.07) is 1.21. The van der Waals surface area contributed by atoms with Crippen molar-refractivity contribution in [3.05, 3.63) is 17.9 Å². The number of methoxy groups -OCH3 is 1. The molecule has 1 aromatic rings. The van der Waals surface area contributed by atoms with Crippen LogP contribution < -0.4 is 5.32 Å². The minimum absolute atomic E-state index is 0. The molecule has 9 heteroatoms. The molecule has 1 saturated heterocycles. The van der Waals surface area contributed by atoms with E-state index in [2.05, 4.69) is 17.0 Å². The van der Waals surface area contributed by atoms with Crippen LogP contribution in [0.15, 0.2) is 21.8 Å². The highest BCUT2D eigenvalue weighted by atomic mass is 35.5. The van der Waals surface area contributed by atoms with E-state index in [-0.39, 0.29) is 23.1 Å². The lowest BCUT2D eigenvalue weighted by Crippen LogP contribution is -2.40. The molecule has 0 aliphatic carbocycles. The number of hydrogen-bond donors (Lipinski definition) is 1. The summed E-state index contributed by atoms with van der Waals surface area (Å²) >= 11 is 0. The lowest BCUT2D eigenvalue weighted by molar-refractivity contribution is 0.0600. The van der Waals surface area contributed by atoms with Crippen LogP contribution in [0.3, 0.4) is 0 Å². The first-order chi connectivity index (χ1) is 10.5. The zero-order valence-electron chi connectivity index (χ0n) is 13.3. The summed E-state index contributed by atoms with van der Waals surface area (Å²) in [4.78, 5) is 11.4. The number of piperidine rings is 1. The first-order valence-corrected chi connectivity index (χ1v) is 8.80. The smallest absolute Gasteiger partial charge is 0.341 e. The first-order valence-electron chi connectivity index (χ1n) is 7.36. The summed E-state index contributed by atoms with van der Waals surface area (Å²) in [5.74, 6) is -0.122. The molecule has 0 bridgehead atoms. The number of sulfonamides is 1. The number of esters is 1. The van der Waals surface area contributed by atoms with Crippen molar-refractivity contribution in [3.63, 3.8) is 0 Å². The average Bonchev–Trinajstić information content (AvgIpc) is 3.03. The largest absolute Gasteiger partial charge is 0.465 e. The molecule has 2 heterocycles. The highest BCUT2D eigenvalue weighted by Gasteiger charge is 2.32. The molecule has 1 fully saturated rings. The van der Waals surface area contributed by atoms with Crippen molar-refractivity contribution in [2.45, 2.75) is 24.9 Å². The topological polar surface area (TPSA) is 88.9 Å². The molecule has 23 heavy (non-hydrogen) atoms. The van der Waals surface area contributed by atoms with Gasteiger partial charge in [0.05, 0.1) is 12.7 Å². The van der Waals surface area contributed by atoms with E-state index < -0.39 is 16.0 Å². The predicted molar refractivity (Wildman–Crippen MR) is 87.3 cm³/mol. The molecule has 0 radical (unpaired) electrons. The molecule has 1 aliphatic heterocycles. The Morgan fingerprint density at radius 1 is 1.43 bits per heavy atom. The zero-order chi connectivity index (χ0) is 16.2. The minimum atomic E-state index is -3.69. The highest BCUT2D eigenvalue weighted by molar-refractivity contribution is 7.89. The van der Waals surface area contributed by atoms with Crippen LogP contribution in [-0.4, -0.2) is 52.0 Å². The Bertz CT molecular complexity index is 608. The van der Waals surface area contributed by atoms with Crippen LogP contribution in [0.4, 0.5) is 0 Å². The van der Waals surface area contributed by atoms with Crippen LogP contribution in [0.1, 0.15) is 30.1 Å². The van der Waals surface area contributed by atoms with Gasteiger partial charge in [-0.05, 0) is 31.8 Å². The van der Waals surface area contributed by atoms with Gasteiger partial charge in [-0.15, -0.1) is 12.4 Å². The number of nitrogens with zero attached hydrogens (tertiary/aromatic N) is 1. The van der Waals surface area contributed by atoms with Gasteiger partial charge in [0, 0.05) is 19.2 Å². The molecule has 0 spiro atoms. The minimum Gasteiger partial charge on any atom is -0.465 e. The zero-order valence-corrected chi connectivity index (χ0v) is 14.9. The summed E-state index contributed by atoms with van der Waals surface area (Å²) in [6.45, 7) is 4.81. The van der Waals surface area contributed by atoms with Crippen LogP contribution >= 0.6 is 12.4 Å². The van der Waals surface area contributed by atoms with Gasteiger partial charge in [-0.3, -0.25) is 0 Å². The third-order valence-corrected chi connectivity index (χ3v) is 5.61. The maximum absolute atomic E-state index is 12.5. The monoisotopic (exact) mass is 366 g/mol. The summed E-state index contributed by atoms with van der Waals surface area (Å²) in [6.07, 6.45) is 2.74. The van der Waals surface area contributed by atoms with Gasteiger partial charge >= 0.3 is 5.97 Å². The number of halogens is 1. The number of furan rings is 1. The molecule has 132 valence electrons. The Hall–Kier alpha value is -1.09. The second-order valence-corrected chi connectivity index (χ2v) is 7.17. The van der Waals surface area contributed by atoms with Crippen molar-refractivity contribution in [2.75, 3.05) is 33.3 Å². The Morgan fingerprint density at radius 3 is 2.65 bits per heavy atom. The summed E-state index contributed by atoms with van der Waals surface area (Å²) < 4.78 is 36.0. The molecular formula is C14H23ClN2O5S. The normalized spacial score (nSPS) is 16.8. The number of nitrogens with one attached hydrogen (secondary N) is 1. The van der Waals surface area contributed by atoms with Gasteiger partial charge in [0.2, 0.25) is 5.09 Å². The van der Waals surface area contributed by atoms with Crippen molar-refractivity contribution in [1.29, 1.82) is 0 Å². The van der Waals surface area contributed by atoms with Crippen molar-refractivity contribution in [1.82, 2.24) is 9.62 Å². The fourth-order valence-corrected chi connectivity index (χ4v) is 3.90. The second kappa shape index (κ2) is 8.68. The molecular weight excluding hydrogens is 344 g/mol. The number of rotatable bonds is 6. The van der Waals surface area contributed by atoms with Crippen molar-refractivity contribution in [2.24, 2.45) is 5.92 Å². The van der Waals surface area contributed by atoms with E-state index >= 15 is 0 Å². The number of carbonyl (C=O) groups is 1. The Balaban J connectivity index is 0.00000264. The lowest BCUT2D eigenvalue weighted by Gasteiger charge is -2.30. The summed E-state index contributed by atoms with van der Waals surface area (Å²) in [5, 5.41) is 3.08. The van der Waals surface area contributed by atoms with Gasteiger partial charge in [0.1, 0.15) is 6.26 Å². The standard InChI is InChI=1S/C14H22N2O5S.ClH/c1-3-15-9-11-4-6-16(7-5-11)22(18,19)13-8-12(10-21-13)14(17)20-2;/h8,10-11,15H,3-7,9H2,1-2H3;1H. The fraction of sp³-hybridized carbons (Fsp3) is 0.643. The maximum atomic E-state index is 12.5. The van der Waals surface area contributed by atoms with Crippen molar-refractivity contribution >= 4 is 28.4 Å². The van der Waals surface area contributed by atoms with Crippen LogP contribution in [0.5, 0.6) is 0 Å². The van der Waals surface area contributed by atoms with Crippen LogP contribution in [0.2, 0.25) is 0 Å². The average molecular weight is 367 g/mol. The maximum Gasteiger partial charge on any atom is 0.341 e. The number of hydrogen-bond acceptors (Lipinski definition) is 6. The van der Waals surface area contributed by atoms with E-state index in [4.69, 9.17) is 4.42 Å². The first kappa shape index (κ1) is 20.0. The molecule has 1 N–H and O–H groups in total. The van der Waals surface area contributed by atoms with E-state index in [1.54, 1.807) is 0 Å². The molecule has 7 nitrogen and oxygen atoms in total. The van der Waals surface area contributed by atoms with Gasteiger partial charge < -0.3 is 14.5 Å². The Kier molecular flexibility index (Phi) is 7.53. The lowest BCUT2D eigenvalue weighted by atomic mass is 9.98. The summed E-state index contributed by atoms with van der Waals surface area (Å²) in [7, 11) is -2.45. The number of ether oxygens (including phenoxy) is 1. The molecule has 0 saturated carbocycles. The Morgan fingerprint density at radius 2 is 2.09 bits per heavy atom. The van der Waals surface area contributed by atoms with Crippen LogP contribution in [0.25, 0.3) is 0 Å². The van der Waals surface area contributed by atoms with Gasteiger partial charge in [0.25, 0.3) is 10.0 Å². The van der Waals surface area contributed by atoms with E-state index in [1.807, 2.05) is 0 Å². The molecule has 0 aromatic carbocycles. The van der Waals surface area contributed by atoms with E-state index in [9.17, 15) is 13.2 Å². The van der Waals surface area contributed by atoms with Gasteiger partial charge in [-0.25, -0.2) is 13.2 Å². The van der Waals surface area contributed by atoms with Crippen molar-refractivity contribution in [3.8, 4) is 0 Å².